The van der Waals surface area contributed by atoms with Gasteiger partial charge in [-0.15, -0.1) is 0 Å². The van der Waals surface area contributed by atoms with Crippen LogP contribution in [0.2, 0.25) is 0 Å². The van der Waals surface area contributed by atoms with Gasteiger partial charge in [0.15, 0.2) is 22.9 Å². The molecule has 204 valence electrons. The summed E-state index contributed by atoms with van der Waals surface area (Å²) >= 11 is 0. The van der Waals surface area contributed by atoms with Gasteiger partial charge in [-0.2, -0.15) is 0 Å². The lowest BCUT2D eigenvalue weighted by molar-refractivity contribution is 0.0510. The lowest BCUT2D eigenvalue weighted by Crippen LogP contribution is -2.13. The molecule has 0 bridgehead atoms. The fourth-order valence-corrected chi connectivity index (χ4v) is 3.61. The number of nitrogens with one attached hydrogen (secondary N) is 1. The molecule has 0 unspecified atom stereocenters. The van der Waals surface area contributed by atoms with Gasteiger partial charge in [0.25, 0.3) is 0 Å². The van der Waals surface area contributed by atoms with Crippen LogP contribution in [0.3, 0.4) is 0 Å². The maximum absolute atomic E-state index is 11.8. The fraction of sp³-hybridized carbons (Fsp3) is 0.280. The Morgan fingerprint density at radius 3 is 2.03 bits per heavy atom. The largest absolute Gasteiger partial charge is 0.505 e. The molecule has 1 amide bonds. The van der Waals surface area contributed by atoms with E-state index in [1.54, 1.807) is 20.9 Å². The molecular formula is C25H29N3O10. The average Bonchev–Trinajstić information content (AvgIpc) is 3.29. The van der Waals surface area contributed by atoms with Gasteiger partial charge in [0.1, 0.15) is 17.9 Å². The summed E-state index contributed by atoms with van der Waals surface area (Å²) in [7, 11) is 2.97. The number of ether oxygens (including phenoxy) is 2. The van der Waals surface area contributed by atoms with E-state index in [-0.39, 0.29) is 41.6 Å². The molecule has 0 saturated heterocycles. The van der Waals surface area contributed by atoms with E-state index >= 15 is 0 Å². The average molecular weight is 532 g/mol. The molecule has 0 aliphatic rings. The minimum absolute atomic E-state index is 0.0368. The van der Waals surface area contributed by atoms with Gasteiger partial charge in [-0.3, -0.25) is 5.32 Å². The zero-order chi connectivity index (χ0) is 28.6. The van der Waals surface area contributed by atoms with Crippen LogP contribution in [0.15, 0.2) is 36.5 Å². The quantitative estimate of drug-likeness (QED) is 0.270. The number of carbonyl (C=O) groups excluding carboxylic acids is 2. The Balaban J connectivity index is 0.000000293. The second-order valence-corrected chi connectivity index (χ2v) is 7.80. The zero-order valence-electron chi connectivity index (χ0n) is 21.2. The Morgan fingerprint density at radius 1 is 0.895 bits per heavy atom. The highest BCUT2D eigenvalue weighted by molar-refractivity contribution is 5.99. The van der Waals surface area contributed by atoms with Crippen molar-refractivity contribution in [2.75, 3.05) is 11.9 Å². The van der Waals surface area contributed by atoms with E-state index in [9.17, 15) is 29.4 Å². The molecule has 0 fully saturated rings. The molecule has 0 aliphatic carbocycles. The predicted molar refractivity (Wildman–Crippen MR) is 134 cm³/mol. The Bertz CT molecular complexity index is 1330. The van der Waals surface area contributed by atoms with Crippen molar-refractivity contribution < 1.29 is 49.1 Å². The molecule has 5 N–H and O–H groups in total. The first-order valence-electron chi connectivity index (χ1n) is 11.3. The number of esters is 1. The number of carboxylic acids is 2. The van der Waals surface area contributed by atoms with Crippen molar-refractivity contribution in [2.24, 2.45) is 14.1 Å². The third-order valence-electron chi connectivity index (χ3n) is 5.31. The van der Waals surface area contributed by atoms with Gasteiger partial charge in [-0.05, 0) is 18.9 Å². The summed E-state index contributed by atoms with van der Waals surface area (Å²) in [4.78, 5) is 45.1. The van der Waals surface area contributed by atoms with Crippen molar-refractivity contribution in [1.29, 1.82) is 0 Å². The van der Waals surface area contributed by atoms with E-state index in [0.717, 1.165) is 5.56 Å². The summed E-state index contributed by atoms with van der Waals surface area (Å²) in [5, 5.41) is 39.5. The number of aromatic hydroxyl groups is 2. The number of carbonyl (C=O) groups is 4. The molecule has 0 saturated carbocycles. The molecule has 2 heterocycles. The number of carboxylic acid groups (broad SMARTS) is 2. The van der Waals surface area contributed by atoms with Crippen molar-refractivity contribution in [3.63, 3.8) is 0 Å². The molecule has 1 aromatic carbocycles. The van der Waals surface area contributed by atoms with E-state index in [2.05, 4.69) is 5.32 Å². The van der Waals surface area contributed by atoms with Crippen molar-refractivity contribution >= 4 is 29.7 Å². The summed E-state index contributed by atoms with van der Waals surface area (Å²) in [5.41, 5.74) is 0.435. The van der Waals surface area contributed by atoms with Crippen molar-refractivity contribution in [3.8, 4) is 11.5 Å². The number of aryl methyl sites for hydroxylation is 1. The number of aromatic carboxylic acids is 2. The minimum atomic E-state index is -1.35. The van der Waals surface area contributed by atoms with E-state index in [4.69, 9.17) is 19.7 Å². The predicted octanol–water partition coefficient (Wildman–Crippen LogP) is 3.35. The maximum Gasteiger partial charge on any atom is 0.412 e. The second-order valence-electron chi connectivity index (χ2n) is 7.80. The number of benzene rings is 1. The molecule has 2 aromatic heterocycles. The molecule has 0 aliphatic heterocycles. The van der Waals surface area contributed by atoms with Crippen LogP contribution in [0.1, 0.15) is 56.4 Å². The monoisotopic (exact) mass is 531 g/mol. The van der Waals surface area contributed by atoms with Crippen molar-refractivity contribution in [1.82, 2.24) is 9.13 Å². The number of nitrogens with zero attached hydrogens (tertiary/aromatic N) is 2. The third-order valence-corrected chi connectivity index (χ3v) is 5.31. The zero-order valence-corrected chi connectivity index (χ0v) is 21.2. The van der Waals surface area contributed by atoms with E-state index in [1.165, 1.54) is 22.4 Å². The summed E-state index contributed by atoms with van der Waals surface area (Å²) in [6.45, 7) is 3.64. The second kappa shape index (κ2) is 12.9. The molecule has 13 nitrogen and oxygen atoms in total. The third kappa shape index (κ3) is 6.63. The number of hydrogen-bond acceptors (Lipinski definition) is 8. The number of amides is 1. The number of rotatable bonds is 8. The molecule has 0 atom stereocenters. The minimum Gasteiger partial charge on any atom is -0.505 e. The Kier molecular flexibility index (Phi) is 9.91. The lowest BCUT2D eigenvalue weighted by Gasteiger charge is -2.06. The summed E-state index contributed by atoms with van der Waals surface area (Å²) in [6.07, 6.45) is 1.01. The number of anilines is 1. The van der Waals surface area contributed by atoms with E-state index in [1.807, 2.05) is 30.3 Å². The van der Waals surface area contributed by atoms with Gasteiger partial charge in [0.05, 0.1) is 6.61 Å². The molecule has 0 spiro atoms. The standard InChI is InChI=1S/C16H18N2O5.C9H11NO5/c1-3-22-15(20)13-14(19)12(9-18(13)2)17-16(21)23-10-11-7-5-4-6-8-11;1-3-4-5(8(12)13)7(11)6(9(14)15)10(4)2/h4-9,19H,3,10H2,1-2H3,(H,17,21);11H,3H2,1-2H3,(H,12,13)(H,14,15). The van der Waals surface area contributed by atoms with Crippen LogP contribution in [0.4, 0.5) is 10.5 Å². The maximum atomic E-state index is 11.8. The van der Waals surface area contributed by atoms with Gasteiger partial charge in [-0.1, -0.05) is 37.3 Å². The van der Waals surface area contributed by atoms with Crippen LogP contribution in [-0.4, -0.2) is 60.2 Å². The van der Waals surface area contributed by atoms with Crippen LogP contribution in [0, 0.1) is 0 Å². The van der Waals surface area contributed by atoms with Crippen LogP contribution in [-0.2, 0) is 36.6 Å². The summed E-state index contributed by atoms with van der Waals surface area (Å²) in [6, 6.07) is 9.19. The van der Waals surface area contributed by atoms with E-state index < -0.39 is 35.4 Å². The molecule has 13 heteroatoms. The van der Waals surface area contributed by atoms with Gasteiger partial charge in [-0.25, -0.2) is 19.2 Å². The summed E-state index contributed by atoms with van der Waals surface area (Å²) in [5.74, 6) is -4.39. The normalized spacial score (nSPS) is 10.2. The fourth-order valence-electron chi connectivity index (χ4n) is 3.61. The SMILES string of the molecule is CCOC(=O)c1c(O)c(NC(=O)OCc2ccccc2)cn1C.CCc1c(C(=O)O)c(O)c(C(=O)O)n1C. The number of aromatic nitrogens is 2. The van der Waals surface area contributed by atoms with Crippen LogP contribution >= 0.6 is 0 Å². The van der Waals surface area contributed by atoms with Gasteiger partial charge >= 0.3 is 24.0 Å². The summed E-state index contributed by atoms with van der Waals surface area (Å²) < 4.78 is 12.5. The molecule has 0 radical (unpaired) electrons. The van der Waals surface area contributed by atoms with Crippen LogP contribution in [0.5, 0.6) is 11.5 Å². The smallest absolute Gasteiger partial charge is 0.412 e. The van der Waals surface area contributed by atoms with Gasteiger partial charge < -0.3 is 39.0 Å². The van der Waals surface area contributed by atoms with Crippen molar-refractivity contribution in [3.05, 3.63) is 64.7 Å². The highest BCUT2D eigenvalue weighted by atomic mass is 16.5. The van der Waals surface area contributed by atoms with Gasteiger partial charge in [0, 0.05) is 26.0 Å². The molecule has 3 aromatic rings. The molecule has 3 rings (SSSR count). The first-order chi connectivity index (χ1) is 17.9. The Labute approximate surface area is 217 Å². The molecular weight excluding hydrogens is 502 g/mol. The highest BCUT2D eigenvalue weighted by Gasteiger charge is 2.28. The first kappa shape index (κ1) is 29.3. The topological polar surface area (TPSA) is 190 Å². The Hall–Kier alpha value is -4.94. The molecule has 38 heavy (non-hydrogen) atoms. The Morgan fingerprint density at radius 2 is 1.53 bits per heavy atom. The van der Waals surface area contributed by atoms with Crippen LogP contribution in [0.25, 0.3) is 0 Å². The van der Waals surface area contributed by atoms with Crippen LogP contribution < -0.4 is 5.32 Å². The first-order valence-corrected chi connectivity index (χ1v) is 11.3. The van der Waals surface area contributed by atoms with Crippen molar-refractivity contribution in [2.45, 2.75) is 26.9 Å². The highest BCUT2D eigenvalue weighted by Crippen LogP contribution is 2.30. The lowest BCUT2D eigenvalue weighted by atomic mass is 10.2. The van der Waals surface area contributed by atoms with E-state index in [0.29, 0.717) is 6.42 Å². The number of hydrogen-bond donors (Lipinski definition) is 5. The van der Waals surface area contributed by atoms with Gasteiger partial charge in [0.2, 0.25) is 0 Å².